The van der Waals surface area contributed by atoms with Gasteiger partial charge >= 0.3 is 6.61 Å². The number of rotatable bonds is 13. The molecule has 2 N–H and O–H groups in total. The summed E-state index contributed by atoms with van der Waals surface area (Å²) in [4.78, 5) is 42.8. The van der Waals surface area contributed by atoms with Crippen molar-refractivity contribution in [1.82, 2.24) is 10.2 Å². The molecule has 1 aliphatic carbocycles. The third kappa shape index (κ3) is 8.60. The number of nitrogens with zero attached hydrogens (tertiary/aromatic N) is 2. The van der Waals surface area contributed by atoms with Gasteiger partial charge in [-0.1, -0.05) is 31.9 Å². The number of thiophene rings is 1. The molecule has 2 aromatic rings. The van der Waals surface area contributed by atoms with Crippen LogP contribution in [0.4, 0.5) is 20.2 Å². The van der Waals surface area contributed by atoms with E-state index in [1.807, 2.05) is 0 Å². The first-order valence-corrected chi connectivity index (χ1v) is 14.9. The Balaban J connectivity index is 1.58. The molecule has 2 aliphatic rings. The molecule has 0 bridgehead atoms. The minimum absolute atomic E-state index is 0.00499. The first-order valence-electron chi connectivity index (χ1n) is 13.7. The average molecular weight is 613 g/mol. The summed E-state index contributed by atoms with van der Waals surface area (Å²) >= 11 is 7.13. The zero-order valence-electron chi connectivity index (χ0n) is 23.0. The minimum Gasteiger partial charge on any atom is -0.433 e. The van der Waals surface area contributed by atoms with Crippen LogP contribution in [-0.4, -0.2) is 74.7 Å². The number of carbonyl (C=O) groups is 3. The van der Waals surface area contributed by atoms with Gasteiger partial charge in [-0.3, -0.25) is 19.3 Å². The topological polar surface area (TPSA) is 100 Å². The summed E-state index contributed by atoms with van der Waals surface area (Å²) < 4.78 is 37.1. The molecule has 0 radical (unpaired) electrons. The smallest absolute Gasteiger partial charge is 0.387 e. The molecule has 2 fully saturated rings. The van der Waals surface area contributed by atoms with Crippen molar-refractivity contribution in [2.45, 2.75) is 45.8 Å². The van der Waals surface area contributed by atoms with Gasteiger partial charge < -0.3 is 25.0 Å². The standard InChI is InChI=1S/C28H35ClF2N4O5S/c1-17(2)14-34(15-18-4-3-5-18)21(13-32-27(38)23-8-9-24(29)41-23)26(37)33-20-7-6-19(12-22(20)40-28(30)31)35-10-11-39-16-25(35)36/h6-9,12,17-18,21,28H,3-5,10-11,13-16H2,1-2H3,(H,32,38)(H,33,37)/t21-/m1/s1. The summed E-state index contributed by atoms with van der Waals surface area (Å²) in [5, 5.41) is 5.60. The van der Waals surface area contributed by atoms with Gasteiger partial charge in [0.15, 0.2) is 5.75 Å². The van der Waals surface area contributed by atoms with Crippen LogP contribution in [0.1, 0.15) is 42.8 Å². The summed E-state index contributed by atoms with van der Waals surface area (Å²) in [6.07, 6.45) is 3.27. The Morgan fingerprint density at radius 2 is 2.02 bits per heavy atom. The average Bonchev–Trinajstić information content (AvgIpc) is 3.33. The van der Waals surface area contributed by atoms with Gasteiger partial charge in [0.25, 0.3) is 11.8 Å². The number of alkyl halides is 2. The maximum absolute atomic E-state index is 13.8. The van der Waals surface area contributed by atoms with Gasteiger partial charge in [0, 0.05) is 37.9 Å². The zero-order valence-corrected chi connectivity index (χ0v) is 24.6. The molecular weight excluding hydrogens is 578 g/mol. The zero-order chi connectivity index (χ0) is 29.5. The van der Waals surface area contributed by atoms with Crippen molar-refractivity contribution >= 4 is 52.0 Å². The van der Waals surface area contributed by atoms with Gasteiger partial charge in [0.1, 0.15) is 12.6 Å². The van der Waals surface area contributed by atoms with Crippen LogP contribution in [0.5, 0.6) is 5.75 Å². The van der Waals surface area contributed by atoms with Crippen molar-refractivity contribution in [2.75, 3.05) is 49.6 Å². The Morgan fingerprint density at radius 1 is 1.24 bits per heavy atom. The molecule has 224 valence electrons. The Hall–Kier alpha value is -2.80. The molecule has 0 spiro atoms. The number of benzene rings is 1. The highest BCUT2D eigenvalue weighted by Gasteiger charge is 2.32. The predicted molar refractivity (Wildman–Crippen MR) is 154 cm³/mol. The number of halogens is 3. The number of ether oxygens (including phenoxy) is 2. The monoisotopic (exact) mass is 612 g/mol. The number of anilines is 2. The summed E-state index contributed by atoms with van der Waals surface area (Å²) in [7, 11) is 0. The van der Waals surface area contributed by atoms with Crippen molar-refractivity contribution in [3.8, 4) is 5.75 Å². The SMILES string of the molecule is CC(C)CN(CC1CCC1)[C@H](CNC(=O)c1ccc(Cl)s1)C(=O)Nc1ccc(N2CCOCC2=O)cc1OC(F)F. The molecule has 1 saturated carbocycles. The van der Waals surface area contributed by atoms with E-state index in [2.05, 4.69) is 29.4 Å². The fourth-order valence-corrected chi connectivity index (χ4v) is 5.85. The lowest BCUT2D eigenvalue weighted by Crippen LogP contribution is -2.53. The van der Waals surface area contributed by atoms with Crippen molar-refractivity contribution in [3.05, 3.63) is 39.5 Å². The van der Waals surface area contributed by atoms with E-state index >= 15 is 0 Å². The lowest BCUT2D eigenvalue weighted by Gasteiger charge is -2.37. The van der Waals surface area contributed by atoms with Crippen LogP contribution in [-0.2, 0) is 14.3 Å². The highest BCUT2D eigenvalue weighted by molar-refractivity contribution is 7.18. The van der Waals surface area contributed by atoms with Crippen LogP contribution in [0, 0.1) is 11.8 Å². The van der Waals surface area contributed by atoms with Gasteiger partial charge in [-0.05, 0) is 48.9 Å². The molecule has 1 aliphatic heterocycles. The third-order valence-corrected chi connectivity index (χ3v) is 8.28. The first-order chi connectivity index (χ1) is 19.6. The van der Waals surface area contributed by atoms with E-state index in [-0.39, 0.29) is 48.9 Å². The quantitative estimate of drug-likeness (QED) is 0.335. The van der Waals surface area contributed by atoms with E-state index in [0.717, 1.165) is 30.6 Å². The Bertz CT molecular complexity index is 1230. The fraction of sp³-hybridized carbons (Fsp3) is 0.536. The van der Waals surface area contributed by atoms with Crippen molar-refractivity contribution < 1.29 is 32.6 Å². The van der Waals surface area contributed by atoms with Crippen LogP contribution in [0.3, 0.4) is 0 Å². The normalized spacial score (nSPS) is 16.7. The minimum atomic E-state index is -3.15. The second kappa shape index (κ2) is 14.4. The molecule has 13 heteroatoms. The van der Waals surface area contributed by atoms with Crippen molar-refractivity contribution in [1.29, 1.82) is 0 Å². The van der Waals surface area contributed by atoms with E-state index in [0.29, 0.717) is 40.5 Å². The van der Waals surface area contributed by atoms with E-state index in [9.17, 15) is 23.2 Å². The molecule has 9 nitrogen and oxygen atoms in total. The predicted octanol–water partition coefficient (Wildman–Crippen LogP) is 4.86. The first kappa shape index (κ1) is 31.1. The van der Waals surface area contributed by atoms with Gasteiger partial charge in [-0.15, -0.1) is 11.3 Å². The van der Waals surface area contributed by atoms with Crippen molar-refractivity contribution in [2.24, 2.45) is 11.8 Å². The molecule has 1 aromatic carbocycles. The molecule has 41 heavy (non-hydrogen) atoms. The van der Waals surface area contributed by atoms with Crippen molar-refractivity contribution in [3.63, 3.8) is 0 Å². The summed E-state index contributed by atoms with van der Waals surface area (Å²) in [5.74, 6) is -0.716. The van der Waals surface area contributed by atoms with Crippen LogP contribution in [0.25, 0.3) is 0 Å². The van der Waals surface area contributed by atoms with Gasteiger partial charge in [-0.25, -0.2) is 0 Å². The maximum atomic E-state index is 13.8. The second-order valence-corrected chi connectivity index (χ2v) is 12.3. The van der Waals surface area contributed by atoms with E-state index in [1.165, 1.54) is 17.0 Å². The van der Waals surface area contributed by atoms with E-state index in [4.69, 9.17) is 21.1 Å². The lowest BCUT2D eigenvalue weighted by atomic mass is 9.84. The third-order valence-electron chi connectivity index (χ3n) is 7.05. The van der Waals surface area contributed by atoms with Crippen LogP contribution in [0.15, 0.2) is 30.3 Å². The largest absolute Gasteiger partial charge is 0.433 e. The second-order valence-electron chi connectivity index (χ2n) is 10.6. The number of carbonyl (C=O) groups excluding carboxylic acids is 3. The number of hydrogen-bond donors (Lipinski definition) is 2. The molecule has 2 heterocycles. The van der Waals surface area contributed by atoms with Crippen LogP contribution < -0.4 is 20.3 Å². The molecule has 1 aromatic heterocycles. The maximum Gasteiger partial charge on any atom is 0.387 e. The van der Waals surface area contributed by atoms with Crippen LogP contribution in [0.2, 0.25) is 4.34 Å². The molecule has 1 atom stereocenters. The van der Waals surface area contributed by atoms with E-state index < -0.39 is 18.6 Å². The summed E-state index contributed by atoms with van der Waals surface area (Å²) in [5.41, 5.74) is 0.394. The Kier molecular flexibility index (Phi) is 10.9. The fourth-order valence-electron chi connectivity index (χ4n) is 4.89. The molecular formula is C28H35ClF2N4O5S. The van der Waals surface area contributed by atoms with E-state index in [1.54, 1.807) is 18.2 Å². The lowest BCUT2D eigenvalue weighted by molar-refractivity contribution is -0.125. The highest BCUT2D eigenvalue weighted by Crippen LogP contribution is 2.33. The van der Waals surface area contributed by atoms with Gasteiger partial charge in [-0.2, -0.15) is 8.78 Å². The number of nitrogens with one attached hydrogen (secondary N) is 2. The summed E-state index contributed by atoms with van der Waals surface area (Å²) in [6.45, 7) is 2.71. The number of morpholine rings is 1. The van der Waals surface area contributed by atoms with Gasteiger partial charge in [0.2, 0.25) is 5.91 Å². The summed E-state index contributed by atoms with van der Waals surface area (Å²) in [6, 6.07) is 6.78. The van der Waals surface area contributed by atoms with Gasteiger partial charge in [0.05, 0.1) is 21.5 Å². The molecule has 4 rings (SSSR count). The molecule has 3 amide bonds. The number of hydrogen-bond acceptors (Lipinski definition) is 7. The molecule has 0 unspecified atom stereocenters. The van der Waals surface area contributed by atoms with Crippen LogP contribution >= 0.6 is 22.9 Å². The Labute approximate surface area is 247 Å². The molecule has 1 saturated heterocycles. The highest BCUT2D eigenvalue weighted by atomic mass is 35.5. The Morgan fingerprint density at radius 3 is 2.63 bits per heavy atom. The number of amides is 3.